The van der Waals surface area contributed by atoms with E-state index < -0.39 is 0 Å². The van der Waals surface area contributed by atoms with Crippen LogP contribution >= 0.6 is 11.3 Å². The molecule has 3 heterocycles. The predicted molar refractivity (Wildman–Crippen MR) is 172 cm³/mol. The molecule has 1 aliphatic rings. The monoisotopic (exact) mass is 555 g/mol. The van der Waals surface area contributed by atoms with Crippen molar-refractivity contribution in [2.45, 2.75) is 0 Å². The first-order chi connectivity index (χ1) is 20.8. The fraction of sp³-hybridized carbons (Fsp3) is 0. The van der Waals surface area contributed by atoms with Crippen molar-refractivity contribution in [1.82, 2.24) is 15.0 Å². The predicted octanol–water partition coefficient (Wildman–Crippen LogP) is 10.2. The third-order valence-corrected chi connectivity index (χ3v) is 9.07. The number of benzene rings is 6. The average molecular weight is 556 g/mol. The van der Waals surface area contributed by atoms with Crippen LogP contribution in [0.25, 0.3) is 76.2 Å². The van der Waals surface area contributed by atoms with Gasteiger partial charge in [-0.15, -0.1) is 11.3 Å². The van der Waals surface area contributed by atoms with E-state index in [9.17, 15) is 0 Å². The maximum atomic E-state index is 6.34. The fourth-order valence-electron chi connectivity index (χ4n) is 5.92. The van der Waals surface area contributed by atoms with E-state index in [1.807, 2.05) is 54.6 Å². The molecule has 2 aromatic heterocycles. The van der Waals surface area contributed by atoms with Crippen molar-refractivity contribution in [3.63, 3.8) is 0 Å². The summed E-state index contributed by atoms with van der Waals surface area (Å²) in [5, 5.41) is 4.75. The van der Waals surface area contributed by atoms with Crippen LogP contribution < -0.4 is 4.74 Å². The van der Waals surface area contributed by atoms with Gasteiger partial charge in [-0.1, -0.05) is 78.9 Å². The normalized spacial score (nSPS) is 12.0. The zero-order chi connectivity index (χ0) is 27.6. The standard InChI is InChI=1S/C37H21N3OS/c1-2-8-23(9-3-1)35-38-36(40-37(39-35)25-17-19-33-29(21-25)26-12-4-5-15-32(26)42-33)24-16-18-30-28(20-24)27-13-6-10-22-11-7-14-31(41-30)34(22)27/h1-21H. The molecule has 0 bridgehead atoms. The summed E-state index contributed by atoms with van der Waals surface area (Å²) in [6.07, 6.45) is 0. The lowest BCUT2D eigenvalue weighted by Gasteiger charge is -2.21. The topological polar surface area (TPSA) is 47.9 Å². The molecule has 42 heavy (non-hydrogen) atoms. The van der Waals surface area contributed by atoms with Crippen molar-refractivity contribution < 1.29 is 4.74 Å². The molecule has 8 aromatic rings. The molecule has 0 fully saturated rings. The van der Waals surface area contributed by atoms with Crippen molar-refractivity contribution in [1.29, 1.82) is 0 Å². The molecule has 0 radical (unpaired) electrons. The van der Waals surface area contributed by atoms with Crippen molar-refractivity contribution in [2.75, 3.05) is 0 Å². The van der Waals surface area contributed by atoms with E-state index in [1.165, 1.54) is 20.2 Å². The smallest absolute Gasteiger partial charge is 0.164 e. The molecule has 0 atom stereocenters. The Balaban J connectivity index is 1.24. The minimum absolute atomic E-state index is 0.628. The van der Waals surface area contributed by atoms with Gasteiger partial charge in [0.15, 0.2) is 17.5 Å². The Morgan fingerprint density at radius 3 is 2.00 bits per heavy atom. The van der Waals surface area contributed by atoms with E-state index >= 15 is 0 Å². The molecule has 0 spiro atoms. The summed E-state index contributed by atoms with van der Waals surface area (Å²) in [5.41, 5.74) is 5.01. The minimum atomic E-state index is 0.628. The SMILES string of the molecule is c1ccc(-c2nc(-c3ccc4c(c3)-c3cccc5cccc(c35)O4)nc(-c3ccc4sc5ccccc5c4c3)n2)cc1. The van der Waals surface area contributed by atoms with E-state index in [4.69, 9.17) is 19.7 Å². The average Bonchev–Trinajstić information content (AvgIpc) is 3.43. The summed E-state index contributed by atoms with van der Waals surface area (Å²) < 4.78 is 8.87. The maximum absolute atomic E-state index is 6.34. The lowest BCUT2D eigenvalue weighted by Crippen LogP contribution is -2.01. The van der Waals surface area contributed by atoms with E-state index in [0.717, 1.165) is 50.1 Å². The zero-order valence-corrected chi connectivity index (χ0v) is 23.1. The second-order valence-electron chi connectivity index (χ2n) is 10.5. The van der Waals surface area contributed by atoms with Gasteiger partial charge in [0, 0.05) is 47.8 Å². The summed E-state index contributed by atoms with van der Waals surface area (Å²) in [7, 11) is 0. The van der Waals surface area contributed by atoms with Gasteiger partial charge < -0.3 is 4.74 Å². The molecule has 4 nitrogen and oxygen atoms in total. The molecule has 0 saturated heterocycles. The van der Waals surface area contributed by atoms with Gasteiger partial charge >= 0.3 is 0 Å². The summed E-state index contributed by atoms with van der Waals surface area (Å²) >= 11 is 1.81. The van der Waals surface area contributed by atoms with Crippen LogP contribution in [0.2, 0.25) is 0 Å². The number of hydrogen-bond donors (Lipinski definition) is 0. The van der Waals surface area contributed by atoms with Crippen molar-refractivity contribution in [3.05, 3.63) is 127 Å². The summed E-state index contributed by atoms with van der Waals surface area (Å²) in [6, 6.07) is 43.9. The Bertz CT molecular complexity index is 2340. The van der Waals surface area contributed by atoms with E-state index in [-0.39, 0.29) is 0 Å². The van der Waals surface area contributed by atoms with Gasteiger partial charge in [0.1, 0.15) is 11.5 Å². The number of rotatable bonds is 3. The largest absolute Gasteiger partial charge is 0.456 e. The first kappa shape index (κ1) is 23.3. The van der Waals surface area contributed by atoms with Gasteiger partial charge in [0.2, 0.25) is 0 Å². The first-order valence-corrected chi connectivity index (χ1v) is 14.7. The van der Waals surface area contributed by atoms with Gasteiger partial charge in [0.05, 0.1) is 0 Å². The van der Waals surface area contributed by atoms with Gasteiger partial charge in [-0.2, -0.15) is 0 Å². The van der Waals surface area contributed by atoms with Crippen LogP contribution in [0.5, 0.6) is 11.5 Å². The molecule has 196 valence electrons. The highest BCUT2D eigenvalue weighted by Gasteiger charge is 2.21. The van der Waals surface area contributed by atoms with E-state index in [2.05, 4.69) is 72.8 Å². The summed E-state index contributed by atoms with van der Waals surface area (Å²) in [5.74, 6) is 3.64. The molecule has 0 N–H and O–H groups in total. The first-order valence-electron chi connectivity index (χ1n) is 13.9. The Labute approximate surface area is 245 Å². The third kappa shape index (κ3) is 3.64. The minimum Gasteiger partial charge on any atom is -0.456 e. The summed E-state index contributed by atoms with van der Waals surface area (Å²) in [4.78, 5) is 15.0. The molecule has 9 rings (SSSR count). The van der Waals surface area contributed by atoms with E-state index in [1.54, 1.807) is 11.3 Å². The second kappa shape index (κ2) is 9.06. The Morgan fingerprint density at radius 1 is 0.452 bits per heavy atom. The lowest BCUT2D eigenvalue weighted by atomic mass is 9.93. The van der Waals surface area contributed by atoms with Gasteiger partial charge in [-0.05, 0) is 59.5 Å². The molecule has 6 aromatic carbocycles. The highest BCUT2D eigenvalue weighted by Crippen LogP contribution is 2.47. The molecule has 0 unspecified atom stereocenters. The van der Waals surface area contributed by atoms with Crippen LogP contribution in [-0.2, 0) is 0 Å². The lowest BCUT2D eigenvalue weighted by molar-refractivity contribution is 0.487. The molecule has 1 aliphatic heterocycles. The number of ether oxygens (including phenoxy) is 1. The fourth-order valence-corrected chi connectivity index (χ4v) is 7.01. The third-order valence-electron chi connectivity index (χ3n) is 7.92. The molecular weight excluding hydrogens is 534 g/mol. The Morgan fingerprint density at radius 2 is 1.14 bits per heavy atom. The van der Waals surface area contributed by atoms with Gasteiger partial charge in [-0.3, -0.25) is 0 Å². The van der Waals surface area contributed by atoms with Crippen molar-refractivity contribution >= 4 is 42.3 Å². The van der Waals surface area contributed by atoms with Crippen LogP contribution in [0, 0.1) is 0 Å². The van der Waals surface area contributed by atoms with E-state index in [0.29, 0.717) is 17.5 Å². The Kier molecular flexibility index (Phi) is 5.03. The zero-order valence-electron chi connectivity index (χ0n) is 22.3. The van der Waals surface area contributed by atoms with Crippen molar-refractivity contribution in [3.8, 4) is 56.8 Å². The number of thiophene rings is 1. The van der Waals surface area contributed by atoms with Crippen LogP contribution in [0.1, 0.15) is 0 Å². The number of nitrogens with zero attached hydrogens (tertiary/aromatic N) is 3. The molecule has 5 heteroatoms. The van der Waals surface area contributed by atoms with Crippen LogP contribution in [0.15, 0.2) is 127 Å². The van der Waals surface area contributed by atoms with Crippen LogP contribution in [-0.4, -0.2) is 15.0 Å². The second-order valence-corrected chi connectivity index (χ2v) is 11.5. The highest BCUT2D eigenvalue weighted by atomic mass is 32.1. The van der Waals surface area contributed by atoms with Gasteiger partial charge in [0.25, 0.3) is 0 Å². The summed E-state index contributed by atoms with van der Waals surface area (Å²) in [6.45, 7) is 0. The molecular formula is C37H21N3OS. The quantitative estimate of drug-likeness (QED) is 0.218. The maximum Gasteiger partial charge on any atom is 0.164 e. The van der Waals surface area contributed by atoms with Crippen LogP contribution in [0.4, 0.5) is 0 Å². The molecule has 0 aliphatic carbocycles. The van der Waals surface area contributed by atoms with Crippen molar-refractivity contribution in [2.24, 2.45) is 0 Å². The molecule has 0 saturated carbocycles. The molecule has 0 amide bonds. The number of hydrogen-bond acceptors (Lipinski definition) is 5. The number of aromatic nitrogens is 3. The van der Waals surface area contributed by atoms with Gasteiger partial charge in [-0.25, -0.2) is 15.0 Å². The number of fused-ring (bicyclic) bond motifs is 5. The van der Waals surface area contributed by atoms with Crippen LogP contribution in [0.3, 0.4) is 0 Å². The Hall–Kier alpha value is -5.39. The highest BCUT2D eigenvalue weighted by molar-refractivity contribution is 7.25.